The average molecular weight is 660 g/mol. The van der Waals surface area contributed by atoms with Gasteiger partial charge in [-0.15, -0.1) is 0 Å². The highest BCUT2D eigenvalue weighted by Crippen LogP contribution is 2.52. The third-order valence-electron chi connectivity index (χ3n) is 11.0. The Bertz CT molecular complexity index is 2520. The first-order valence-corrected chi connectivity index (χ1v) is 18.3. The molecule has 0 amide bonds. The monoisotopic (exact) mass is 659 g/mol. The van der Waals surface area contributed by atoms with E-state index in [-0.39, 0.29) is 5.92 Å². The Labute approximate surface area is 297 Å². The van der Waals surface area contributed by atoms with Gasteiger partial charge < -0.3 is 4.42 Å². The van der Waals surface area contributed by atoms with Crippen molar-refractivity contribution in [2.45, 2.75) is 38.5 Å². The molecule has 5 aliphatic rings. The van der Waals surface area contributed by atoms with Crippen LogP contribution in [0.5, 0.6) is 0 Å². The van der Waals surface area contributed by atoms with Crippen LogP contribution in [0, 0.1) is 11.8 Å². The summed E-state index contributed by atoms with van der Waals surface area (Å²) in [4.78, 5) is 15.0. The minimum atomic E-state index is 0.225. The lowest BCUT2D eigenvalue weighted by atomic mass is 9.64. The molecule has 0 saturated heterocycles. The van der Waals surface area contributed by atoms with Crippen LogP contribution in [0.3, 0.4) is 0 Å². The molecule has 246 valence electrons. The Balaban J connectivity index is 1.13. The van der Waals surface area contributed by atoms with E-state index in [1.807, 2.05) is 36.4 Å². The third-order valence-corrected chi connectivity index (χ3v) is 11.0. The second kappa shape index (κ2) is 12.5. The molecule has 0 aliphatic heterocycles. The van der Waals surface area contributed by atoms with Gasteiger partial charge in [0.25, 0.3) is 0 Å². The first-order chi connectivity index (χ1) is 25.3. The Kier molecular flexibility index (Phi) is 7.34. The first-order valence-electron chi connectivity index (χ1n) is 18.3. The van der Waals surface area contributed by atoms with Gasteiger partial charge >= 0.3 is 0 Å². The van der Waals surface area contributed by atoms with Gasteiger partial charge in [-0.25, -0.2) is 15.0 Å². The summed E-state index contributed by atoms with van der Waals surface area (Å²) in [5.74, 6) is 2.69. The Morgan fingerprint density at radius 3 is 2.14 bits per heavy atom. The maximum atomic E-state index is 6.75. The minimum absolute atomic E-state index is 0.225. The van der Waals surface area contributed by atoms with Crippen molar-refractivity contribution in [2.24, 2.45) is 11.8 Å². The van der Waals surface area contributed by atoms with Crippen molar-refractivity contribution in [1.82, 2.24) is 15.0 Å². The summed E-state index contributed by atoms with van der Waals surface area (Å²) >= 11 is 0. The van der Waals surface area contributed by atoms with Gasteiger partial charge in [-0.1, -0.05) is 134 Å². The number of hydrogen-bond donors (Lipinski definition) is 0. The second-order valence-electron chi connectivity index (χ2n) is 14.0. The zero-order valence-corrected chi connectivity index (χ0v) is 28.4. The first kappa shape index (κ1) is 30.0. The Morgan fingerprint density at radius 1 is 0.647 bits per heavy atom. The van der Waals surface area contributed by atoms with E-state index < -0.39 is 0 Å². The van der Waals surface area contributed by atoms with E-state index in [0.717, 1.165) is 66.2 Å². The normalized spacial score (nSPS) is 20.8. The molecule has 0 radical (unpaired) electrons. The van der Waals surface area contributed by atoms with Gasteiger partial charge in [0.15, 0.2) is 17.5 Å². The summed E-state index contributed by atoms with van der Waals surface area (Å²) in [6.07, 6.45) is 27.2. The van der Waals surface area contributed by atoms with Crippen molar-refractivity contribution in [3.8, 4) is 22.8 Å². The van der Waals surface area contributed by atoms with Crippen LogP contribution in [0.2, 0.25) is 0 Å². The summed E-state index contributed by atoms with van der Waals surface area (Å²) < 4.78 is 6.75. The molecule has 5 aromatic rings. The minimum Gasteiger partial charge on any atom is -0.456 e. The molecule has 10 rings (SSSR count). The molecule has 51 heavy (non-hydrogen) atoms. The summed E-state index contributed by atoms with van der Waals surface area (Å²) in [5.41, 5.74) is 13.8. The molecule has 0 spiro atoms. The highest BCUT2D eigenvalue weighted by molar-refractivity contribution is 5.85. The molecule has 5 aliphatic carbocycles. The van der Waals surface area contributed by atoms with Crippen molar-refractivity contribution in [2.75, 3.05) is 0 Å². The van der Waals surface area contributed by atoms with Crippen LogP contribution in [0.25, 0.3) is 51.0 Å². The van der Waals surface area contributed by atoms with Crippen molar-refractivity contribution in [1.29, 1.82) is 0 Å². The topological polar surface area (TPSA) is 51.8 Å². The molecular weight excluding hydrogens is 623 g/mol. The molecule has 0 N–H and O–H groups in total. The number of para-hydroxylation sites is 1. The Morgan fingerprint density at radius 2 is 1.37 bits per heavy atom. The van der Waals surface area contributed by atoms with Gasteiger partial charge in [-0.2, -0.15) is 0 Å². The quantitative estimate of drug-likeness (QED) is 0.189. The second-order valence-corrected chi connectivity index (χ2v) is 14.0. The summed E-state index contributed by atoms with van der Waals surface area (Å²) in [6, 6.07) is 28.9. The fraction of sp³-hybridized carbons (Fsp3) is 0.170. The maximum Gasteiger partial charge on any atom is 0.164 e. The molecule has 2 aromatic heterocycles. The van der Waals surface area contributed by atoms with E-state index in [2.05, 4.69) is 103 Å². The van der Waals surface area contributed by atoms with Crippen LogP contribution in [0.1, 0.15) is 44.3 Å². The highest BCUT2D eigenvalue weighted by atomic mass is 16.3. The number of aromatic nitrogens is 3. The highest BCUT2D eigenvalue weighted by Gasteiger charge is 2.37. The lowest BCUT2D eigenvalue weighted by molar-refractivity contribution is 0.566. The van der Waals surface area contributed by atoms with Crippen LogP contribution in [-0.4, -0.2) is 15.0 Å². The fourth-order valence-electron chi connectivity index (χ4n) is 8.68. The third kappa shape index (κ3) is 5.17. The molecule has 0 fully saturated rings. The number of hydrogen-bond acceptors (Lipinski definition) is 4. The lowest BCUT2D eigenvalue weighted by Crippen LogP contribution is -2.31. The number of furan rings is 1. The predicted molar refractivity (Wildman–Crippen MR) is 206 cm³/mol. The number of nitrogens with zero attached hydrogens (tertiary/aromatic N) is 3. The molecule has 2 heterocycles. The van der Waals surface area contributed by atoms with Crippen LogP contribution < -0.4 is 10.6 Å². The van der Waals surface area contributed by atoms with Crippen molar-refractivity contribution >= 4 is 28.2 Å². The van der Waals surface area contributed by atoms with Crippen LogP contribution >= 0.6 is 0 Å². The molecule has 2 atom stereocenters. The molecule has 0 saturated carbocycles. The van der Waals surface area contributed by atoms with Crippen LogP contribution in [-0.2, 0) is 0 Å². The van der Waals surface area contributed by atoms with Gasteiger partial charge in [0.1, 0.15) is 11.0 Å². The SMILES string of the molecule is C1=CCC2C(=C1)C(C1=c3oc4ccccc4c3=CCC1)=C(C1C=CC(c3nc(-c4ccccc4)nc(-c4ccccc4)n3)=CC1)C1=C2C=CCC1. The average Bonchev–Trinajstić information content (AvgIpc) is 3.60. The van der Waals surface area contributed by atoms with Gasteiger partial charge in [-0.3, -0.25) is 0 Å². The largest absolute Gasteiger partial charge is 0.456 e. The maximum absolute atomic E-state index is 6.75. The molecule has 4 nitrogen and oxygen atoms in total. The van der Waals surface area contributed by atoms with E-state index >= 15 is 0 Å². The molecular formula is C47H37N3O. The van der Waals surface area contributed by atoms with Crippen molar-refractivity contribution < 1.29 is 4.42 Å². The summed E-state index contributed by atoms with van der Waals surface area (Å²) in [6.45, 7) is 0. The van der Waals surface area contributed by atoms with Gasteiger partial charge in [0.05, 0.1) is 0 Å². The lowest BCUT2D eigenvalue weighted by Gasteiger charge is -2.39. The number of benzene rings is 3. The molecule has 2 unspecified atom stereocenters. The van der Waals surface area contributed by atoms with E-state index in [0.29, 0.717) is 23.4 Å². The zero-order chi connectivity index (χ0) is 33.7. The molecule has 3 aromatic carbocycles. The van der Waals surface area contributed by atoms with Gasteiger partial charge in [0.2, 0.25) is 0 Å². The van der Waals surface area contributed by atoms with E-state index in [9.17, 15) is 0 Å². The summed E-state index contributed by atoms with van der Waals surface area (Å²) in [7, 11) is 0. The van der Waals surface area contributed by atoms with E-state index in [1.165, 1.54) is 44.0 Å². The van der Waals surface area contributed by atoms with Crippen molar-refractivity contribution in [3.05, 3.63) is 178 Å². The van der Waals surface area contributed by atoms with Crippen LogP contribution in [0.15, 0.2) is 166 Å². The molecule has 0 bridgehead atoms. The van der Waals surface area contributed by atoms with E-state index in [1.54, 1.807) is 0 Å². The van der Waals surface area contributed by atoms with Crippen molar-refractivity contribution in [3.63, 3.8) is 0 Å². The molecule has 4 heteroatoms. The fourth-order valence-corrected chi connectivity index (χ4v) is 8.68. The Hall–Kier alpha value is -5.87. The number of fused-ring (bicyclic) bond motifs is 5. The summed E-state index contributed by atoms with van der Waals surface area (Å²) in [5, 5.41) is 2.47. The number of rotatable bonds is 5. The van der Waals surface area contributed by atoms with Gasteiger partial charge in [0, 0.05) is 44.7 Å². The van der Waals surface area contributed by atoms with Gasteiger partial charge in [-0.05, 0) is 72.5 Å². The predicted octanol–water partition coefficient (Wildman–Crippen LogP) is 9.80. The van der Waals surface area contributed by atoms with E-state index in [4.69, 9.17) is 19.4 Å². The smallest absolute Gasteiger partial charge is 0.164 e. The van der Waals surface area contributed by atoms with Crippen LogP contribution in [0.4, 0.5) is 0 Å². The number of allylic oxidation sites excluding steroid dienone is 14. The zero-order valence-electron chi connectivity index (χ0n) is 28.4. The standard InChI is InChI=1S/C47H37N3O/c1-3-14-31(15-4-1)45-48-46(32-16-5-2-6-17-32)50-47(49-45)33-28-26-30(27-29-33)42-37-21-9-7-18-34(37)35-19-8-10-22-38(35)43(42)40-24-13-23-39-36-20-11-12-25-41(36)51-44(39)40/h1-8,10-12,14-18,20,22-23,25-26,28-30,35H,9,13,19,21,24,27H2.